The highest BCUT2D eigenvalue weighted by molar-refractivity contribution is 9.10. The van der Waals surface area contributed by atoms with Crippen LogP contribution in [-0.2, 0) is 11.8 Å². The normalized spacial score (nSPS) is 17.2. The number of hydrogen-bond donors (Lipinski definition) is 1. The molecule has 0 aromatic heterocycles. The molecule has 20 heavy (non-hydrogen) atoms. The summed E-state index contributed by atoms with van der Waals surface area (Å²) < 4.78 is 6.70. The Bertz CT molecular complexity index is 459. The number of ether oxygens (including phenoxy) is 1. The summed E-state index contributed by atoms with van der Waals surface area (Å²) >= 11 is 3.68. The second-order valence-corrected chi connectivity index (χ2v) is 7.65. The van der Waals surface area contributed by atoms with Crippen LogP contribution in [-0.4, -0.2) is 20.2 Å². The van der Waals surface area contributed by atoms with Crippen molar-refractivity contribution in [3.63, 3.8) is 0 Å². The largest absolute Gasteiger partial charge is 0.495 e. The van der Waals surface area contributed by atoms with Crippen LogP contribution in [0, 0.1) is 5.92 Å². The third kappa shape index (κ3) is 3.76. The molecule has 1 aliphatic heterocycles. The molecule has 0 aliphatic carbocycles. The van der Waals surface area contributed by atoms with Crippen molar-refractivity contribution in [2.45, 2.75) is 45.4 Å². The number of halogens is 1. The van der Waals surface area contributed by atoms with Crippen molar-refractivity contribution >= 4 is 15.9 Å². The predicted molar refractivity (Wildman–Crippen MR) is 88.7 cm³/mol. The summed E-state index contributed by atoms with van der Waals surface area (Å²) in [5.74, 6) is 1.78. The number of benzene rings is 1. The van der Waals surface area contributed by atoms with Crippen molar-refractivity contribution in [3.05, 3.63) is 27.7 Å². The topological polar surface area (TPSA) is 21.3 Å². The van der Waals surface area contributed by atoms with E-state index in [1.807, 2.05) is 0 Å². The molecule has 112 valence electrons. The van der Waals surface area contributed by atoms with Crippen LogP contribution < -0.4 is 10.1 Å². The monoisotopic (exact) mass is 339 g/mol. The molecule has 2 rings (SSSR count). The van der Waals surface area contributed by atoms with Gasteiger partial charge in [0.2, 0.25) is 0 Å². The average molecular weight is 340 g/mol. The highest BCUT2D eigenvalue weighted by Crippen LogP contribution is 2.36. The van der Waals surface area contributed by atoms with Crippen LogP contribution >= 0.6 is 15.9 Å². The lowest BCUT2D eigenvalue weighted by Crippen LogP contribution is -2.28. The summed E-state index contributed by atoms with van der Waals surface area (Å²) in [7, 11) is 1.77. The first-order valence-corrected chi connectivity index (χ1v) is 8.28. The first-order valence-electron chi connectivity index (χ1n) is 7.49. The molecule has 1 aliphatic rings. The van der Waals surface area contributed by atoms with Gasteiger partial charge >= 0.3 is 0 Å². The fraction of sp³-hybridized carbons (Fsp3) is 0.647. The van der Waals surface area contributed by atoms with Gasteiger partial charge in [0.15, 0.2) is 0 Å². The Hall–Kier alpha value is -0.540. The second-order valence-electron chi connectivity index (χ2n) is 6.80. The number of methoxy groups -OCH3 is 1. The molecule has 1 fully saturated rings. The minimum absolute atomic E-state index is 0.164. The number of nitrogens with one attached hydrogen (secondary N) is 1. The Morgan fingerprint density at radius 1 is 1.25 bits per heavy atom. The molecule has 0 radical (unpaired) electrons. The second kappa shape index (κ2) is 6.48. The molecule has 0 amide bonds. The third-order valence-electron chi connectivity index (χ3n) is 4.16. The maximum atomic E-state index is 5.62. The van der Waals surface area contributed by atoms with E-state index in [0.29, 0.717) is 0 Å². The molecule has 0 atom stereocenters. The van der Waals surface area contributed by atoms with Crippen molar-refractivity contribution in [3.8, 4) is 5.75 Å². The Kier molecular flexibility index (Phi) is 5.14. The van der Waals surface area contributed by atoms with Gasteiger partial charge in [0.05, 0.1) is 11.6 Å². The van der Waals surface area contributed by atoms with Crippen LogP contribution in [0.3, 0.4) is 0 Å². The molecule has 0 spiro atoms. The minimum Gasteiger partial charge on any atom is -0.495 e. The molecule has 1 N–H and O–H groups in total. The van der Waals surface area contributed by atoms with E-state index in [-0.39, 0.29) is 5.41 Å². The van der Waals surface area contributed by atoms with Gasteiger partial charge in [0.25, 0.3) is 0 Å². The van der Waals surface area contributed by atoms with Crippen LogP contribution in [0.15, 0.2) is 16.6 Å². The highest BCUT2D eigenvalue weighted by atomic mass is 79.9. The molecule has 2 nitrogen and oxygen atoms in total. The molecular weight excluding hydrogens is 314 g/mol. The zero-order valence-corrected chi connectivity index (χ0v) is 14.6. The van der Waals surface area contributed by atoms with Gasteiger partial charge in [-0.3, -0.25) is 0 Å². The van der Waals surface area contributed by atoms with Gasteiger partial charge in [-0.2, -0.15) is 0 Å². The van der Waals surface area contributed by atoms with Crippen molar-refractivity contribution in [2.75, 3.05) is 20.2 Å². The Morgan fingerprint density at radius 3 is 2.45 bits per heavy atom. The smallest absolute Gasteiger partial charge is 0.136 e. The van der Waals surface area contributed by atoms with Gasteiger partial charge < -0.3 is 10.1 Å². The Labute approximate surface area is 131 Å². The third-order valence-corrected chi connectivity index (χ3v) is 4.75. The summed E-state index contributed by atoms with van der Waals surface area (Å²) in [6.07, 6.45) is 3.65. The first kappa shape index (κ1) is 15.8. The summed E-state index contributed by atoms with van der Waals surface area (Å²) in [4.78, 5) is 0. The zero-order valence-electron chi connectivity index (χ0n) is 13.1. The quantitative estimate of drug-likeness (QED) is 0.886. The molecule has 1 aromatic rings. The van der Waals surface area contributed by atoms with Crippen molar-refractivity contribution in [1.29, 1.82) is 0 Å². The van der Waals surface area contributed by atoms with Crippen LogP contribution in [0.25, 0.3) is 0 Å². The summed E-state index contributed by atoms with van der Waals surface area (Å²) in [5, 5.41) is 3.44. The SMILES string of the molecule is COc1c(Br)cc(C(C)(C)C)cc1CC1CCNCC1. The van der Waals surface area contributed by atoms with E-state index >= 15 is 0 Å². The number of rotatable bonds is 3. The fourth-order valence-corrected chi connectivity index (χ4v) is 3.52. The van der Waals surface area contributed by atoms with Gasteiger partial charge in [0.1, 0.15) is 5.75 Å². The summed E-state index contributed by atoms with van der Waals surface area (Å²) in [6.45, 7) is 9.07. The Morgan fingerprint density at radius 2 is 1.90 bits per heavy atom. The number of piperidine rings is 1. The van der Waals surface area contributed by atoms with Gasteiger partial charge in [0, 0.05) is 0 Å². The molecule has 0 saturated carbocycles. The van der Waals surface area contributed by atoms with E-state index in [0.717, 1.165) is 35.7 Å². The molecule has 1 heterocycles. The standard InChI is InChI=1S/C17H26BrNO/c1-17(2,3)14-10-13(16(20-4)15(18)11-14)9-12-5-7-19-8-6-12/h10-12,19H,5-9H2,1-4H3. The lowest BCUT2D eigenvalue weighted by atomic mass is 9.83. The molecule has 0 bridgehead atoms. The van der Waals surface area contributed by atoms with Crippen LogP contribution in [0.1, 0.15) is 44.7 Å². The van der Waals surface area contributed by atoms with Gasteiger partial charge in [-0.05, 0) is 76.8 Å². The van der Waals surface area contributed by atoms with E-state index < -0.39 is 0 Å². The molecular formula is C17H26BrNO. The van der Waals surface area contributed by atoms with Crippen molar-refractivity contribution < 1.29 is 4.74 Å². The van der Waals surface area contributed by atoms with Gasteiger partial charge in [-0.1, -0.05) is 26.8 Å². The van der Waals surface area contributed by atoms with E-state index in [9.17, 15) is 0 Å². The Balaban J connectivity index is 2.30. The van der Waals surface area contributed by atoms with Crippen LogP contribution in [0.2, 0.25) is 0 Å². The predicted octanol–water partition coefficient (Wildman–Crippen LogP) is 4.30. The van der Waals surface area contributed by atoms with Crippen molar-refractivity contribution in [2.24, 2.45) is 5.92 Å². The molecule has 0 unspecified atom stereocenters. The van der Waals surface area contributed by atoms with E-state index in [1.165, 1.54) is 24.0 Å². The molecule has 1 aromatic carbocycles. The van der Waals surface area contributed by atoms with E-state index in [1.54, 1.807) is 7.11 Å². The van der Waals surface area contributed by atoms with Gasteiger partial charge in [-0.15, -0.1) is 0 Å². The molecule has 3 heteroatoms. The van der Waals surface area contributed by atoms with E-state index in [4.69, 9.17) is 4.74 Å². The first-order chi connectivity index (χ1) is 9.41. The number of hydrogen-bond acceptors (Lipinski definition) is 2. The minimum atomic E-state index is 0.164. The highest BCUT2D eigenvalue weighted by Gasteiger charge is 2.21. The average Bonchev–Trinajstić information content (AvgIpc) is 2.38. The maximum absolute atomic E-state index is 5.62. The summed E-state index contributed by atoms with van der Waals surface area (Å²) in [5.41, 5.74) is 2.88. The zero-order chi connectivity index (χ0) is 14.8. The van der Waals surface area contributed by atoms with Crippen LogP contribution in [0.5, 0.6) is 5.75 Å². The van der Waals surface area contributed by atoms with Crippen LogP contribution in [0.4, 0.5) is 0 Å². The summed E-state index contributed by atoms with van der Waals surface area (Å²) in [6, 6.07) is 4.54. The fourth-order valence-electron chi connectivity index (χ4n) is 2.86. The maximum Gasteiger partial charge on any atom is 0.136 e. The lowest BCUT2D eigenvalue weighted by Gasteiger charge is -2.26. The van der Waals surface area contributed by atoms with E-state index in [2.05, 4.69) is 54.2 Å². The van der Waals surface area contributed by atoms with Crippen molar-refractivity contribution in [1.82, 2.24) is 5.32 Å². The van der Waals surface area contributed by atoms with Gasteiger partial charge in [-0.25, -0.2) is 0 Å². The molecule has 1 saturated heterocycles. The lowest BCUT2D eigenvalue weighted by molar-refractivity contribution is 0.360.